The lowest BCUT2D eigenvalue weighted by atomic mass is 9.92. The van der Waals surface area contributed by atoms with Gasteiger partial charge in [0.25, 0.3) is 11.8 Å². The van der Waals surface area contributed by atoms with E-state index in [4.69, 9.17) is 0 Å². The van der Waals surface area contributed by atoms with Gasteiger partial charge >= 0.3 is 0 Å². The van der Waals surface area contributed by atoms with Crippen molar-refractivity contribution in [3.8, 4) is 5.75 Å². The molecular weight excluding hydrogens is 538 g/mol. The number of nitrogens with zero attached hydrogens (tertiary/aromatic N) is 1. The van der Waals surface area contributed by atoms with Crippen molar-refractivity contribution in [2.45, 2.75) is 87.3 Å². The van der Waals surface area contributed by atoms with E-state index in [9.17, 15) is 24.6 Å². The molecule has 2 aromatic rings. The smallest absolute Gasteiger partial charge is 0.254 e. The Labute approximate surface area is 245 Å². The van der Waals surface area contributed by atoms with Crippen LogP contribution in [0.25, 0.3) is 0 Å². The second-order valence-electron chi connectivity index (χ2n) is 11.4. The van der Waals surface area contributed by atoms with Crippen LogP contribution in [0, 0.1) is 6.92 Å². The molecule has 9 heteroatoms. The van der Waals surface area contributed by atoms with Crippen molar-refractivity contribution in [3.05, 3.63) is 77.4 Å². The lowest BCUT2D eigenvalue weighted by Gasteiger charge is -2.36. The first kappa shape index (κ1) is 29.2. The molecular formula is C32H39N3O5S. The number of hydrogen-bond donors (Lipinski definition) is 4. The standard InChI is InChI=1S/C32H39N3O5S/c1-21-24(15-10-16-26(21)36)29(38)34-25(19-22-11-4-2-5-12-22)27(37)31(40)35-20-41-32(17-8-9-18-32)28(35)30(39)33-23-13-6-3-7-14-23/h2,4-6,10-13,15-16,23,25,27-28,36-37H,3,7-9,14,17-20H2,1H3,(H,33,39)(H,34,38)/t23-,25+,27+,28+/m1/s1. The molecule has 2 fully saturated rings. The number of carbonyl (C=O) groups excluding carboxylic acids is 3. The van der Waals surface area contributed by atoms with Crippen LogP contribution in [0.4, 0.5) is 0 Å². The van der Waals surface area contributed by atoms with Gasteiger partial charge in [-0.2, -0.15) is 0 Å². The van der Waals surface area contributed by atoms with Gasteiger partial charge in [-0.3, -0.25) is 14.4 Å². The van der Waals surface area contributed by atoms with Gasteiger partial charge in [0.1, 0.15) is 11.8 Å². The first-order chi connectivity index (χ1) is 19.8. The molecule has 8 nitrogen and oxygen atoms in total. The number of thioether (sulfide) groups is 1. The minimum Gasteiger partial charge on any atom is -0.508 e. The Hall–Kier alpha value is -3.30. The maximum Gasteiger partial charge on any atom is 0.254 e. The van der Waals surface area contributed by atoms with Gasteiger partial charge in [-0.05, 0) is 63.1 Å². The van der Waals surface area contributed by atoms with E-state index < -0.39 is 30.0 Å². The van der Waals surface area contributed by atoms with Crippen molar-refractivity contribution in [2.24, 2.45) is 0 Å². The summed E-state index contributed by atoms with van der Waals surface area (Å²) in [4.78, 5) is 42.7. The van der Waals surface area contributed by atoms with Gasteiger partial charge in [0.2, 0.25) is 5.91 Å². The molecule has 3 aliphatic rings. The monoisotopic (exact) mass is 577 g/mol. The Morgan fingerprint density at radius 2 is 1.83 bits per heavy atom. The third kappa shape index (κ3) is 6.31. The van der Waals surface area contributed by atoms with Crippen molar-refractivity contribution in [3.63, 3.8) is 0 Å². The van der Waals surface area contributed by atoms with Crippen LogP contribution in [0.1, 0.15) is 66.4 Å². The molecule has 3 amide bonds. The quantitative estimate of drug-likeness (QED) is 0.354. The van der Waals surface area contributed by atoms with Gasteiger partial charge in [0, 0.05) is 21.9 Å². The highest BCUT2D eigenvalue weighted by Gasteiger charge is 2.55. The number of aromatic hydroxyl groups is 1. The van der Waals surface area contributed by atoms with Gasteiger partial charge < -0.3 is 25.7 Å². The third-order valence-electron chi connectivity index (χ3n) is 8.66. The van der Waals surface area contributed by atoms with Crippen molar-refractivity contribution in [1.29, 1.82) is 0 Å². The third-order valence-corrected chi connectivity index (χ3v) is 10.3. The SMILES string of the molecule is Cc1c(O)cccc1C(=O)N[C@@H](Cc1ccccc1)[C@H](O)C(=O)N1CSC2(CCCC2)[C@@H]1C(=O)N[C@@H]1C=CCCC1. The average Bonchev–Trinajstić information content (AvgIpc) is 3.61. The van der Waals surface area contributed by atoms with Crippen LogP contribution in [0.15, 0.2) is 60.7 Å². The summed E-state index contributed by atoms with van der Waals surface area (Å²) in [5.74, 6) is -0.923. The van der Waals surface area contributed by atoms with E-state index in [0.717, 1.165) is 50.5 Å². The van der Waals surface area contributed by atoms with Crippen molar-refractivity contribution >= 4 is 29.5 Å². The maximum atomic E-state index is 14.0. The van der Waals surface area contributed by atoms with Gasteiger partial charge in [0.05, 0.1) is 11.9 Å². The fraction of sp³-hybridized carbons (Fsp3) is 0.469. The Balaban J connectivity index is 1.40. The lowest BCUT2D eigenvalue weighted by Crippen LogP contribution is -2.60. The molecule has 0 unspecified atom stereocenters. The second-order valence-corrected chi connectivity index (χ2v) is 12.8. The van der Waals surface area contributed by atoms with E-state index in [-0.39, 0.29) is 34.4 Å². The van der Waals surface area contributed by atoms with Crippen molar-refractivity contribution < 1.29 is 24.6 Å². The largest absolute Gasteiger partial charge is 0.508 e. The first-order valence-electron chi connectivity index (χ1n) is 14.5. The van der Waals surface area contributed by atoms with Crippen molar-refractivity contribution in [1.82, 2.24) is 15.5 Å². The summed E-state index contributed by atoms with van der Waals surface area (Å²) in [6, 6.07) is 12.3. The van der Waals surface area contributed by atoms with Crippen molar-refractivity contribution in [2.75, 3.05) is 5.88 Å². The van der Waals surface area contributed by atoms with Gasteiger partial charge in [-0.15, -0.1) is 11.8 Å². The molecule has 1 aliphatic heterocycles. The van der Waals surface area contributed by atoms with E-state index in [1.807, 2.05) is 36.4 Å². The molecule has 5 rings (SSSR count). The molecule has 1 spiro atoms. The van der Waals surface area contributed by atoms with E-state index >= 15 is 0 Å². The Kier molecular flexibility index (Phi) is 9.04. The molecule has 0 aromatic heterocycles. The number of carbonyl (C=O) groups is 3. The predicted octanol–water partition coefficient (Wildman–Crippen LogP) is 3.84. The van der Waals surface area contributed by atoms with Crippen LogP contribution in [0.5, 0.6) is 5.75 Å². The van der Waals surface area contributed by atoms with E-state index in [2.05, 4.69) is 16.7 Å². The fourth-order valence-corrected chi connectivity index (χ4v) is 8.00. The van der Waals surface area contributed by atoms with Crippen LogP contribution >= 0.6 is 11.8 Å². The number of phenols is 1. The molecule has 4 atom stereocenters. The highest BCUT2D eigenvalue weighted by Crippen LogP contribution is 2.51. The van der Waals surface area contributed by atoms with Crippen LogP contribution in [0.2, 0.25) is 0 Å². The Bertz CT molecular complexity index is 1290. The molecule has 0 bridgehead atoms. The number of nitrogens with one attached hydrogen (secondary N) is 2. The molecule has 1 saturated heterocycles. The predicted molar refractivity (Wildman–Crippen MR) is 159 cm³/mol. The summed E-state index contributed by atoms with van der Waals surface area (Å²) >= 11 is 1.63. The zero-order valence-electron chi connectivity index (χ0n) is 23.4. The minimum atomic E-state index is -1.57. The molecule has 1 heterocycles. The fourth-order valence-electron chi connectivity index (χ4n) is 6.36. The average molecular weight is 578 g/mol. The number of amides is 3. The van der Waals surface area contributed by atoms with Gasteiger partial charge in [-0.1, -0.05) is 61.4 Å². The highest BCUT2D eigenvalue weighted by atomic mass is 32.2. The van der Waals surface area contributed by atoms with Crippen LogP contribution in [0.3, 0.4) is 0 Å². The molecule has 0 radical (unpaired) electrons. The highest BCUT2D eigenvalue weighted by molar-refractivity contribution is 8.01. The minimum absolute atomic E-state index is 0.00787. The number of phenolic OH excluding ortho intramolecular Hbond substituents is 1. The number of benzene rings is 2. The molecule has 1 saturated carbocycles. The van der Waals surface area contributed by atoms with Gasteiger partial charge in [-0.25, -0.2) is 0 Å². The van der Waals surface area contributed by atoms with Gasteiger partial charge in [0.15, 0.2) is 6.10 Å². The zero-order chi connectivity index (χ0) is 29.0. The topological polar surface area (TPSA) is 119 Å². The summed E-state index contributed by atoms with van der Waals surface area (Å²) in [5.41, 5.74) is 1.53. The number of aliphatic hydroxyl groups excluding tert-OH is 1. The van der Waals surface area contributed by atoms with Crippen LogP contribution in [-0.4, -0.2) is 67.7 Å². The van der Waals surface area contributed by atoms with E-state index in [1.54, 1.807) is 30.8 Å². The van der Waals surface area contributed by atoms with E-state index in [0.29, 0.717) is 11.4 Å². The molecule has 4 N–H and O–H groups in total. The Morgan fingerprint density at radius 3 is 2.54 bits per heavy atom. The van der Waals surface area contributed by atoms with Crippen LogP contribution < -0.4 is 10.6 Å². The summed E-state index contributed by atoms with van der Waals surface area (Å²) < 4.78 is -0.366. The second kappa shape index (κ2) is 12.7. The lowest BCUT2D eigenvalue weighted by molar-refractivity contribution is -0.147. The number of aliphatic hydroxyl groups is 1. The summed E-state index contributed by atoms with van der Waals surface area (Å²) in [5, 5.41) is 27.7. The molecule has 41 heavy (non-hydrogen) atoms. The number of rotatable bonds is 8. The molecule has 2 aliphatic carbocycles. The number of allylic oxidation sites excluding steroid dienone is 1. The molecule has 2 aromatic carbocycles. The summed E-state index contributed by atoms with van der Waals surface area (Å²) in [6.07, 6.45) is 9.32. The maximum absolute atomic E-state index is 14.0. The Morgan fingerprint density at radius 1 is 1.07 bits per heavy atom. The normalized spacial score (nSPS) is 22.8. The van der Waals surface area contributed by atoms with E-state index in [1.165, 1.54) is 11.0 Å². The number of hydrogen-bond acceptors (Lipinski definition) is 6. The van der Waals surface area contributed by atoms with Crippen LogP contribution in [-0.2, 0) is 16.0 Å². The summed E-state index contributed by atoms with van der Waals surface area (Å²) in [6.45, 7) is 1.64. The molecule has 218 valence electrons. The zero-order valence-corrected chi connectivity index (χ0v) is 24.2. The summed E-state index contributed by atoms with van der Waals surface area (Å²) in [7, 11) is 0. The first-order valence-corrected chi connectivity index (χ1v) is 15.5.